The van der Waals surface area contributed by atoms with Crippen LogP contribution < -0.4 is 9.47 Å². The van der Waals surface area contributed by atoms with Crippen molar-refractivity contribution in [1.82, 2.24) is 14.8 Å². The van der Waals surface area contributed by atoms with Crippen molar-refractivity contribution >= 4 is 28.5 Å². The summed E-state index contributed by atoms with van der Waals surface area (Å²) < 4.78 is 13.1. The number of aliphatic carboxylic acids is 1. The number of carboxylic acids is 1. The molecule has 0 fully saturated rings. The molecule has 2 aromatic heterocycles. The Morgan fingerprint density at radius 3 is 2.61 bits per heavy atom. The van der Waals surface area contributed by atoms with E-state index in [4.69, 9.17) is 21.1 Å². The highest BCUT2D eigenvalue weighted by molar-refractivity contribution is 6.30. The van der Waals surface area contributed by atoms with Gasteiger partial charge in [0.15, 0.2) is 0 Å². The number of hydrogen-bond donors (Lipinski definition) is 1. The fourth-order valence-electron chi connectivity index (χ4n) is 3.72. The lowest BCUT2D eigenvalue weighted by atomic mass is 9.91. The predicted molar refractivity (Wildman–Crippen MR) is 120 cm³/mol. The molecule has 0 aliphatic rings. The first-order valence-electron chi connectivity index (χ1n) is 10.3. The number of hydrogen-bond acceptors (Lipinski definition) is 5. The monoisotopic (exact) mass is 445 g/mol. The molecule has 1 N–H and O–H groups in total. The summed E-state index contributed by atoms with van der Waals surface area (Å²) in [6.07, 6.45) is 2.06. The Morgan fingerprint density at radius 1 is 1.26 bits per heavy atom. The molecule has 0 saturated heterocycles. The quantitative estimate of drug-likeness (QED) is 0.450. The van der Waals surface area contributed by atoms with Crippen molar-refractivity contribution in [3.8, 4) is 11.6 Å². The SMILES string of the molecule is COc1ccc(CC(CC[C@@H](C)Oc2nc(Cl)cc3nn(C)c(C)c23)CC(=O)O)cc1. The molecular weight excluding hydrogens is 418 g/mol. The zero-order valence-corrected chi connectivity index (χ0v) is 19.0. The van der Waals surface area contributed by atoms with Gasteiger partial charge < -0.3 is 14.6 Å². The molecule has 2 atom stereocenters. The summed E-state index contributed by atoms with van der Waals surface area (Å²) in [6, 6.07) is 9.46. The molecular formula is C23H28ClN3O4. The summed E-state index contributed by atoms with van der Waals surface area (Å²) in [5, 5.41) is 15.0. The normalized spacial score (nSPS) is 13.2. The molecule has 3 aromatic rings. The number of aromatic nitrogens is 3. The van der Waals surface area contributed by atoms with Crippen LogP contribution in [-0.4, -0.2) is 39.1 Å². The molecule has 0 spiro atoms. The van der Waals surface area contributed by atoms with E-state index < -0.39 is 5.97 Å². The molecule has 1 aromatic carbocycles. The van der Waals surface area contributed by atoms with Crippen LogP contribution in [0.2, 0.25) is 5.15 Å². The van der Waals surface area contributed by atoms with E-state index in [0.29, 0.717) is 23.9 Å². The van der Waals surface area contributed by atoms with Gasteiger partial charge in [-0.15, -0.1) is 0 Å². The topological polar surface area (TPSA) is 86.5 Å². The maximum absolute atomic E-state index is 11.4. The van der Waals surface area contributed by atoms with Gasteiger partial charge in [0.1, 0.15) is 16.4 Å². The Kier molecular flexibility index (Phi) is 7.38. The van der Waals surface area contributed by atoms with E-state index in [1.807, 2.05) is 45.2 Å². The van der Waals surface area contributed by atoms with Crippen LogP contribution in [0, 0.1) is 12.8 Å². The van der Waals surface area contributed by atoms with Gasteiger partial charge in [0.2, 0.25) is 5.88 Å². The average Bonchev–Trinajstić information content (AvgIpc) is 2.99. The van der Waals surface area contributed by atoms with E-state index in [-0.39, 0.29) is 18.4 Å². The van der Waals surface area contributed by atoms with E-state index in [1.54, 1.807) is 17.9 Å². The van der Waals surface area contributed by atoms with Gasteiger partial charge in [-0.3, -0.25) is 9.48 Å². The Balaban J connectivity index is 1.67. The van der Waals surface area contributed by atoms with Gasteiger partial charge in [0.05, 0.1) is 18.6 Å². The van der Waals surface area contributed by atoms with Crippen LogP contribution in [-0.2, 0) is 18.3 Å². The summed E-state index contributed by atoms with van der Waals surface area (Å²) in [5.41, 5.74) is 2.78. The van der Waals surface area contributed by atoms with Gasteiger partial charge in [-0.05, 0) is 56.7 Å². The van der Waals surface area contributed by atoms with Crippen LogP contribution in [0.1, 0.15) is 37.4 Å². The molecule has 8 heteroatoms. The third-order valence-electron chi connectivity index (χ3n) is 5.48. The van der Waals surface area contributed by atoms with Crippen molar-refractivity contribution in [2.45, 2.75) is 45.6 Å². The molecule has 2 heterocycles. The van der Waals surface area contributed by atoms with Gasteiger partial charge in [0.25, 0.3) is 0 Å². The summed E-state index contributed by atoms with van der Waals surface area (Å²) in [5.74, 6) is 0.456. The molecule has 0 saturated carbocycles. The summed E-state index contributed by atoms with van der Waals surface area (Å²) in [4.78, 5) is 15.7. The van der Waals surface area contributed by atoms with Crippen LogP contribution >= 0.6 is 11.6 Å². The highest BCUT2D eigenvalue weighted by Gasteiger charge is 2.19. The zero-order chi connectivity index (χ0) is 22.5. The van der Waals surface area contributed by atoms with Gasteiger partial charge >= 0.3 is 5.97 Å². The number of aryl methyl sites for hydroxylation is 2. The fourth-order valence-corrected chi connectivity index (χ4v) is 3.90. The molecule has 7 nitrogen and oxygen atoms in total. The molecule has 0 amide bonds. The molecule has 0 aliphatic heterocycles. The van der Waals surface area contributed by atoms with Crippen molar-refractivity contribution in [2.75, 3.05) is 7.11 Å². The Morgan fingerprint density at radius 2 is 1.97 bits per heavy atom. The number of carboxylic acid groups (broad SMARTS) is 1. The van der Waals surface area contributed by atoms with E-state index in [1.165, 1.54) is 0 Å². The van der Waals surface area contributed by atoms with Crippen molar-refractivity contribution in [1.29, 1.82) is 0 Å². The van der Waals surface area contributed by atoms with Gasteiger partial charge in [-0.25, -0.2) is 4.98 Å². The molecule has 1 unspecified atom stereocenters. The van der Waals surface area contributed by atoms with Crippen molar-refractivity contribution in [3.63, 3.8) is 0 Å². The van der Waals surface area contributed by atoms with Crippen molar-refractivity contribution in [3.05, 3.63) is 46.7 Å². The Labute approximate surface area is 186 Å². The lowest BCUT2D eigenvalue weighted by Gasteiger charge is -2.19. The number of benzene rings is 1. The average molecular weight is 446 g/mol. The van der Waals surface area contributed by atoms with Crippen LogP contribution in [0.5, 0.6) is 11.6 Å². The third-order valence-corrected chi connectivity index (χ3v) is 5.67. The molecule has 3 rings (SSSR count). The van der Waals surface area contributed by atoms with E-state index in [9.17, 15) is 9.90 Å². The summed E-state index contributed by atoms with van der Waals surface area (Å²) in [7, 11) is 3.49. The number of rotatable bonds is 10. The number of fused-ring (bicyclic) bond motifs is 1. The minimum absolute atomic E-state index is 0.00409. The minimum Gasteiger partial charge on any atom is -0.497 e. The maximum Gasteiger partial charge on any atom is 0.303 e. The van der Waals surface area contributed by atoms with E-state index in [2.05, 4.69) is 10.1 Å². The first-order valence-corrected chi connectivity index (χ1v) is 10.7. The van der Waals surface area contributed by atoms with E-state index in [0.717, 1.165) is 34.3 Å². The number of nitrogens with zero attached hydrogens (tertiary/aromatic N) is 3. The van der Waals surface area contributed by atoms with Crippen LogP contribution in [0.15, 0.2) is 30.3 Å². The van der Waals surface area contributed by atoms with Crippen LogP contribution in [0.4, 0.5) is 0 Å². The fraction of sp³-hybridized carbons (Fsp3) is 0.435. The smallest absolute Gasteiger partial charge is 0.303 e. The second kappa shape index (κ2) is 10.0. The largest absolute Gasteiger partial charge is 0.497 e. The lowest BCUT2D eigenvalue weighted by Crippen LogP contribution is -2.17. The first-order chi connectivity index (χ1) is 14.8. The van der Waals surface area contributed by atoms with Gasteiger partial charge in [-0.2, -0.15) is 5.10 Å². The standard InChI is InChI=1S/C23H28ClN3O4/c1-14(31-23-22-15(2)27(3)26-19(22)13-20(24)25-23)5-6-17(12-21(28)29)11-16-7-9-18(30-4)10-8-16/h7-10,13-14,17H,5-6,11-12H2,1-4H3,(H,28,29)/t14-,17?/m1/s1. The number of halogens is 1. The molecule has 0 aliphatic carbocycles. The Hall–Kier alpha value is -2.80. The predicted octanol–water partition coefficient (Wildman–Crippen LogP) is 4.82. The third kappa shape index (κ3) is 5.88. The second-order valence-corrected chi connectivity index (χ2v) is 8.26. The maximum atomic E-state index is 11.4. The molecule has 166 valence electrons. The highest BCUT2D eigenvalue weighted by Crippen LogP contribution is 2.30. The van der Waals surface area contributed by atoms with Crippen LogP contribution in [0.25, 0.3) is 10.9 Å². The van der Waals surface area contributed by atoms with E-state index >= 15 is 0 Å². The number of carbonyl (C=O) groups is 1. The van der Waals surface area contributed by atoms with Crippen LogP contribution in [0.3, 0.4) is 0 Å². The first kappa shape index (κ1) is 22.9. The highest BCUT2D eigenvalue weighted by atomic mass is 35.5. The molecule has 0 bridgehead atoms. The Bertz CT molecular complexity index is 1050. The van der Waals surface area contributed by atoms with Gasteiger partial charge in [0, 0.05) is 25.2 Å². The van der Waals surface area contributed by atoms with Gasteiger partial charge in [-0.1, -0.05) is 23.7 Å². The zero-order valence-electron chi connectivity index (χ0n) is 18.3. The van der Waals surface area contributed by atoms with Crippen molar-refractivity contribution < 1.29 is 19.4 Å². The van der Waals surface area contributed by atoms with Crippen molar-refractivity contribution in [2.24, 2.45) is 13.0 Å². The number of pyridine rings is 1. The minimum atomic E-state index is -0.795. The molecule has 0 radical (unpaired) electrons. The lowest BCUT2D eigenvalue weighted by molar-refractivity contribution is -0.138. The summed E-state index contributed by atoms with van der Waals surface area (Å²) in [6.45, 7) is 3.92. The number of methoxy groups -OCH3 is 1. The number of ether oxygens (including phenoxy) is 2. The second-order valence-electron chi connectivity index (χ2n) is 7.88. The summed E-state index contributed by atoms with van der Waals surface area (Å²) >= 11 is 6.15. The molecule has 31 heavy (non-hydrogen) atoms.